The van der Waals surface area contributed by atoms with Crippen LogP contribution in [0, 0.1) is 0 Å². The number of nitrogens with one attached hydrogen (secondary N) is 1. The average molecular weight is 145 g/mol. The van der Waals surface area contributed by atoms with Gasteiger partial charge in [0.1, 0.15) is 8.96 Å². The van der Waals surface area contributed by atoms with Crippen molar-refractivity contribution in [1.29, 1.82) is 0 Å². The van der Waals surface area contributed by atoms with E-state index in [0.717, 1.165) is 0 Å². The molecular weight excluding hydrogens is 126 g/mol. The fourth-order valence-corrected chi connectivity index (χ4v) is 3.75. The van der Waals surface area contributed by atoms with Crippen LogP contribution in [0.3, 0.4) is 0 Å². The van der Waals surface area contributed by atoms with E-state index in [-0.39, 0.29) is 0 Å². The minimum atomic E-state index is -0.630. The Bertz CT molecular complexity index is 71.5. The first kappa shape index (κ1) is 9.18. The Morgan fingerprint density at radius 3 is 1.78 bits per heavy atom. The van der Waals surface area contributed by atoms with Crippen molar-refractivity contribution in [1.82, 2.24) is 4.98 Å². The van der Waals surface area contributed by atoms with Gasteiger partial charge in [0.2, 0.25) is 0 Å². The molecule has 1 nitrogen and oxygen atoms in total. The molecule has 0 aliphatic rings. The average Bonchev–Trinajstić information content (AvgIpc) is 1.65. The molecule has 1 unspecified atom stereocenters. The number of rotatable bonds is 2. The van der Waals surface area contributed by atoms with Gasteiger partial charge in [-0.1, -0.05) is 27.7 Å². The third-order valence-corrected chi connectivity index (χ3v) is 5.41. The molecule has 56 valence electrons. The molecule has 0 aromatic rings. The van der Waals surface area contributed by atoms with Gasteiger partial charge in [0, 0.05) is 0 Å². The van der Waals surface area contributed by atoms with Gasteiger partial charge < -0.3 is 4.98 Å². The second-order valence-electron chi connectivity index (χ2n) is 3.62. The Balaban J connectivity index is 3.79. The molecule has 0 saturated heterocycles. The normalized spacial score (nSPS) is 15.7. The molecule has 9 heavy (non-hydrogen) atoms. The van der Waals surface area contributed by atoms with Crippen LogP contribution in [0.15, 0.2) is 0 Å². The summed E-state index contributed by atoms with van der Waals surface area (Å²) in [4.78, 5) is 3.43. The van der Waals surface area contributed by atoms with E-state index in [2.05, 4.69) is 39.7 Å². The van der Waals surface area contributed by atoms with E-state index in [0.29, 0.717) is 5.04 Å². The van der Waals surface area contributed by atoms with Crippen LogP contribution in [0.1, 0.15) is 27.7 Å². The summed E-state index contributed by atoms with van der Waals surface area (Å²) in [6.07, 6.45) is 0. The molecule has 1 N–H and O–H groups in total. The molecule has 0 aliphatic carbocycles. The Morgan fingerprint density at radius 1 is 1.33 bits per heavy atom. The van der Waals surface area contributed by atoms with Crippen molar-refractivity contribution in [3.05, 3.63) is 0 Å². The first-order valence-corrected chi connectivity index (χ1v) is 5.66. The minimum Gasteiger partial charge on any atom is -0.342 e. The van der Waals surface area contributed by atoms with Gasteiger partial charge in [-0.15, -0.1) is 0 Å². The van der Waals surface area contributed by atoms with Crippen LogP contribution >= 0.6 is 0 Å². The van der Waals surface area contributed by atoms with Gasteiger partial charge in [-0.05, 0) is 18.1 Å². The first-order chi connectivity index (χ1) is 4.02. The maximum absolute atomic E-state index is 3.43. The summed E-state index contributed by atoms with van der Waals surface area (Å²) in [5.41, 5.74) is 0. The monoisotopic (exact) mass is 145 g/mol. The molecular formula is C7H19NSi. The maximum atomic E-state index is 3.43. The van der Waals surface area contributed by atoms with Crippen molar-refractivity contribution < 1.29 is 0 Å². The van der Waals surface area contributed by atoms with Crippen LogP contribution in [0.5, 0.6) is 0 Å². The summed E-state index contributed by atoms with van der Waals surface area (Å²) in [5.74, 6) is 0. The van der Waals surface area contributed by atoms with Crippen LogP contribution in [-0.4, -0.2) is 16.0 Å². The van der Waals surface area contributed by atoms with Crippen molar-refractivity contribution in [2.24, 2.45) is 0 Å². The zero-order valence-electron chi connectivity index (χ0n) is 7.28. The van der Waals surface area contributed by atoms with Crippen molar-refractivity contribution >= 4 is 8.96 Å². The molecule has 0 radical (unpaired) electrons. The summed E-state index contributed by atoms with van der Waals surface area (Å²) in [5, 5.41) is 0.545. The molecule has 0 aromatic heterocycles. The fourth-order valence-electron chi connectivity index (χ4n) is 1.25. The van der Waals surface area contributed by atoms with E-state index in [1.165, 1.54) is 6.04 Å². The van der Waals surface area contributed by atoms with E-state index in [4.69, 9.17) is 0 Å². The molecule has 0 saturated carbocycles. The highest BCUT2D eigenvalue weighted by molar-refractivity contribution is 6.59. The third-order valence-electron chi connectivity index (χ3n) is 1.80. The van der Waals surface area contributed by atoms with E-state index in [1.807, 2.05) is 0 Å². The van der Waals surface area contributed by atoms with Gasteiger partial charge in [-0.25, -0.2) is 0 Å². The van der Waals surface area contributed by atoms with E-state index in [1.54, 1.807) is 0 Å². The Labute approximate surface area is 60.5 Å². The van der Waals surface area contributed by atoms with Gasteiger partial charge in [-0.2, -0.15) is 0 Å². The lowest BCUT2D eigenvalue weighted by Crippen LogP contribution is -2.38. The van der Waals surface area contributed by atoms with Crippen LogP contribution in [-0.2, 0) is 0 Å². The topological polar surface area (TPSA) is 12.0 Å². The van der Waals surface area contributed by atoms with Crippen LogP contribution in [0.4, 0.5) is 0 Å². The molecule has 0 amide bonds. The minimum absolute atomic E-state index is 0.545. The highest BCUT2D eigenvalue weighted by atomic mass is 28.3. The van der Waals surface area contributed by atoms with Crippen LogP contribution < -0.4 is 4.98 Å². The van der Waals surface area contributed by atoms with Crippen molar-refractivity contribution in [2.45, 2.75) is 38.8 Å². The summed E-state index contributed by atoms with van der Waals surface area (Å²) >= 11 is 0. The predicted molar refractivity (Wildman–Crippen MR) is 46.4 cm³/mol. The number of hydrogen-bond donors (Lipinski definition) is 1. The van der Waals surface area contributed by atoms with Crippen LogP contribution in [0.25, 0.3) is 0 Å². The maximum Gasteiger partial charge on any atom is 0.113 e. The molecule has 0 rings (SSSR count). The molecule has 0 bridgehead atoms. The van der Waals surface area contributed by atoms with Crippen molar-refractivity contribution in [2.75, 3.05) is 7.05 Å². The molecule has 1 atom stereocenters. The predicted octanol–water partition coefficient (Wildman–Crippen LogP) is 1.75. The van der Waals surface area contributed by atoms with Crippen molar-refractivity contribution in [3.63, 3.8) is 0 Å². The fraction of sp³-hybridized carbons (Fsp3) is 1.00. The van der Waals surface area contributed by atoms with Gasteiger partial charge in [-0.3, -0.25) is 0 Å². The van der Waals surface area contributed by atoms with E-state index >= 15 is 0 Å². The SMILES string of the molecule is CC[SiH](NC)C(C)(C)C. The van der Waals surface area contributed by atoms with Crippen LogP contribution in [0.2, 0.25) is 11.1 Å². The van der Waals surface area contributed by atoms with E-state index < -0.39 is 8.96 Å². The van der Waals surface area contributed by atoms with Crippen molar-refractivity contribution in [3.8, 4) is 0 Å². The standard InChI is InChI=1S/C7H19NSi/c1-6-9(8-5)7(2,3)4/h8-9H,6H2,1-5H3. The highest BCUT2D eigenvalue weighted by Gasteiger charge is 2.22. The smallest absolute Gasteiger partial charge is 0.113 e. The molecule has 0 spiro atoms. The summed E-state index contributed by atoms with van der Waals surface area (Å²) in [6.45, 7) is 9.25. The Hall–Kier alpha value is 0.177. The van der Waals surface area contributed by atoms with E-state index in [9.17, 15) is 0 Å². The Morgan fingerprint density at radius 2 is 1.78 bits per heavy atom. The van der Waals surface area contributed by atoms with Gasteiger partial charge in [0.15, 0.2) is 0 Å². The van der Waals surface area contributed by atoms with Gasteiger partial charge in [0.05, 0.1) is 0 Å². The second-order valence-corrected chi connectivity index (χ2v) is 7.85. The van der Waals surface area contributed by atoms with Gasteiger partial charge >= 0.3 is 0 Å². The summed E-state index contributed by atoms with van der Waals surface area (Å²) in [7, 11) is 1.46. The zero-order chi connectivity index (χ0) is 7.49. The zero-order valence-corrected chi connectivity index (χ0v) is 8.44. The van der Waals surface area contributed by atoms with Gasteiger partial charge in [0.25, 0.3) is 0 Å². The lowest BCUT2D eigenvalue weighted by Gasteiger charge is -2.27. The lowest BCUT2D eigenvalue weighted by atomic mass is 10.2. The number of hydrogen-bond acceptors (Lipinski definition) is 1. The second kappa shape index (κ2) is 3.37. The highest BCUT2D eigenvalue weighted by Crippen LogP contribution is 2.26. The lowest BCUT2D eigenvalue weighted by molar-refractivity contribution is 0.715. The summed E-state index contributed by atoms with van der Waals surface area (Å²) in [6, 6.07) is 1.35. The quantitative estimate of drug-likeness (QED) is 0.584. The molecule has 0 aromatic carbocycles. The third kappa shape index (κ3) is 3.01. The Kier molecular flexibility index (Phi) is 3.44. The molecule has 0 fully saturated rings. The first-order valence-electron chi connectivity index (χ1n) is 3.69. The molecule has 2 heteroatoms. The molecule has 0 heterocycles. The largest absolute Gasteiger partial charge is 0.342 e. The summed E-state index contributed by atoms with van der Waals surface area (Å²) < 4.78 is 0. The molecule has 0 aliphatic heterocycles.